The topological polar surface area (TPSA) is 97.9 Å². The Morgan fingerprint density at radius 3 is 2.91 bits per heavy atom. The Labute approximate surface area is 127 Å². The van der Waals surface area contributed by atoms with Gasteiger partial charge in [0.05, 0.1) is 12.6 Å². The molecule has 2 aromatic heterocycles. The Balaban J connectivity index is 1.71. The molecule has 0 amide bonds. The summed E-state index contributed by atoms with van der Waals surface area (Å²) in [6.45, 7) is 0.891. The summed E-state index contributed by atoms with van der Waals surface area (Å²) in [6.07, 6.45) is 5.31. The summed E-state index contributed by atoms with van der Waals surface area (Å²) in [6, 6.07) is 3.77. The number of nitrogens with zero attached hydrogens (tertiary/aromatic N) is 3. The SMILES string of the molecule is O=c1[nH]nc(C2C(C3CC3)CCN2c2cc(CO)ccn2)[nH]1. The van der Waals surface area contributed by atoms with E-state index in [0.29, 0.717) is 11.7 Å². The van der Waals surface area contributed by atoms with Crippen LogP contribution in [0.2, 0.25) is 0 Å². The van der Waals surface area contributed by atoms with Crippen molar-refractivity contribution in [1.29, 1.82) is 0 Å². The third kappa shape index (κ3) is 2.31. The lowest BCUT2D eigenvalue weighted by molar-refractivity contribution is 0.281. The fourth-order valence-electron chi connectivity index (χ4n) is 3.58. The molecule has 7 heteroatoms. The first-order valence-electron chi connectivity index (χ1n) is 7.73. The van der Waals surface area contributed by atoms with Gasteiger partial charge < -0.3 is 10.0 Å². The molecule has 0 radical (unpaired) electrons. The number of pyridine rings is 1. The summed E-state index contributed by atoms with van der Waals surface area (Å²) >= 11 is 0. The molecule has 116 valence electrons. The van der Waals surface area contributed by atoms with Crippen LogP contribution in [0.4, 0.5) is 5.82 Å². The van der Waals surface area contributed by atoms with Gasteiger partial charge in [-0.25, -0.2) is 14.9 Å². The second-order valence-electron chi connectivity index (χ2n) is 6.17. The Morgan fingerprint density at radius 2 is 2.23 bits per heavy atom. The van der Waals surface area contributed by atoms with Crippen LogP contribution in [0.1, 0.15) is 36.7 Å². The summed E-state index contributed by atoms with van der Waals surface area (Å²) in [7, 11) is 0. The minimum atomic E-state index is -0.270. The first kappa shape index (κ1) is 13.5. The second-order valence-corrected chi connectivity index (χ2v) is 6.17. The quantitative estimate of drug-likeness (QED) is 0.781. The van der Waals surface area contributed by atoms with Crippen molar-refractivity contribution in [3.8, 4) is 0 Å². The molecule has 1 aliphatic heterocycles. The van der Waals surface area contributed by atoms with Crippen LogP contribution >= 0.6 is 0 Å². The maximum absolute atomic E-state index is 11.4. The van der Waals surface area contributed by atoms with E-state index in [1.807, 2.05) is 12.1 Å². The lowest BCUT2D eigenvalue weighted by atomic mass is 9.94. The Morgan fingerprint density at radius 1 is 1.36 bits per heavy atom. The lowest BCUT2D eigenvalue weighted by Crippen LogP contribution is -2.28. The molecule has 7 nitrogen and oxygen atoms in total. The molecule has 2 aromatic rings. The van der Waals surface area contributed by atoms with Crippen molar-refractivity contribution in [3.05, 3.63) is 40.2 Å². The molecule has 1 saturated carbocycles. The Kier molecular flexibility index (Phi) is 3.22. The van der Waals surface area contributed by atoms with E-state index in [0.717, 1.165) is 30.3 Å². The standard InChI is InChI=1S/C15H19N5O2/c21-8-9-3-5-16-12(7-9)20-6-4-11(10-1-2-10)13(20)14-17-15(22)19-18-14/h3,5,7,10-11,13,21H,1-2,4,6,8H2,(H2,17,18,19,22). The van der Waals surface area contributed by atoms with Crippen molar-refractivity contribution in [2.24, 2.45) is 11.8 Å². The van der Waals surface area contributed by atoms with Gasteiger partial charge in [-0.1, -0.05) is 0 Å². The number of anilines is 1. The Bertz CT molecular complexity index is 720. The summed E-state index contributed by atoms with van der Waals surface area (Å²) in [5.74, 6) is 2.74. The van der Waals surface area contributed by atoms with Gasteiger partial charge in [0, 0.05) is 12.7 Å². The molecule has 0 spiro atoms. The van der Waals surface area contributed by atoms with E-state index in [1.165, 1.54) is 12.8 Å². The minimum Gasteiger partial charge on any atom is -0.392 e. The van der Waals surface area contributed by atoms with E-state index in [1.54, 1.807) is 6.20 Å². The molecule has 3 N–H and O–H groups in total. The van der Waals surface area contributed by atoms with Crippen molar-refractivity contribution >= 4 is 5.82 Å². The average Bonchev–Trinajstić information content (AvgIpc) is 3.15. The van der Waals surface area contributed by atoms with Gasteiger partial charge in [0.25, 0.3) is 0 Å². The fraction of sp³-hybridized carbons (Fsp3) is 0.533. The fourth-order valence-corrected chi connectivity index (χ4v) is 3.58. The van der Waals surface area contributed by atoms with Crippen molar-refractivity contribution in [1.82, 2.24) is 20.2 Å². The molecular formula is C15H19N5O2. The van der Waals surface area contributed by atoms with Crippen LogP contribution in [0.15, 0.2) is 23.1 Å². The highest BCUT2D eigenvalue weighted by atomic mass is 16.3. The number of aromatic nitrogens is 4. The molecule has 1 saturated heterocycles. The highest BCUT2D eigenvalue weighted by Gasteiger charge is 2.45. The van der Waals surface area contributed by atoms with E-state index in [2.05, 4.69) is 25.1 Å². The van der Waals surface area contributed by atoms with E-state index in [9.17, 15) is 9.90 Å². The van der Waals surface area contributed by atoms with Crippen molar-refractivity contribution in [2.45, 2.75) is 31.9 Å². The number of hydrogen-bond donors (Lipinski definition) is 3. The third-order valence-electron chi connectivity index (χ3n) is 4.76. The zero-order chi connectivity index (χ0) is 15.1. The summed E-state index contributed by atoms with van der Waals surface area (Å²) in [5.41, 5.74) is 0.572. The average molecular weight is 301 g/mol. The van der Waals surface area contributed by atoms with Gasteiger partial charge in [0.1, 0.15) is 5.82 Å². The van der Waals surface area contributed by atoms with Crippen LogP contribution in [0, 0.1) is 11.8 Å². The van der Waals surface area contributed by atoms with Gasteiger partial charge in [-0.05, 0) is 48.8 Å². The number of hydrogen-bond acceptors (Lipinski definition) is 5. The third-order valence-corrected chi connectivity index (χ3v) is 4.76. The highest BCUT2D eigenvalue weighted by molar-refractivity contribution is 5.45. The predicted octanol–water partition coefficient (Wildman–Crippen LogP) is 0.963. The predicted molar refractivity (Wildman–Crippen MR) is 80.3 cm³/mol. The zero-order valence-corrected chi connectivity index (χ0v) is 12.2. The molecule has 0 aromatic carbocycles. The maximum Gasteiger partial charge on any atom is 0.340 e. The number of rotatable bonds is 4. The first-order valence-corrected chi connectivity index (χ1v) is 7.73. The minimum absolute atomic E-state index is 0.000676. The normalized spacial score (nSPS) is 24.9. The van der Waals surface area contributed by atoms with Crippen LogP contribution in [0.25, 0.3) is 0 Å². The largest absolute Gasteiger partial charge is 0.392 e. The molecule has 0 bridgehead atoms. The number of nitrogens with one attached hydrogen (secondary N) is 2. The molecule has 2 aliphatic rings. The molecule has 3 heterocycles. The monoisotopic (exact) mass is 301 g/mol. The van der Waals surface area contributed by atoms with Crippen LogP contribution in [-0.4, -0.2) is 31.8 Å². The Hall–Kier alpha value is -2.15. The van der Waals surface area contributed by atoms with E-state index in [-0.39, 0.29) is 18.3 Å². The molecule has 2 unspecified atom stereocenters. The van der Waals surface area contributed by atoms with E-state index < -0.39 is 0 Å². The second kappa shape index (κ2) is 5.24. The van der Waals surface area contributed by atoms with Crippen LogP contribution in [-0.2, 0) is 6.61 Å². The van der Waals surface area contributed by atoms with Gasteiger partial charge in [0.2, 0.25) is 0 Å². The molecule has 2 atom stereocenters. The van der Waals surface area contributed by atoms with Gasteiger partial charge >= 0.3 is 5.69 Å². The van der Waals surface area contributed by atoms with Crippen LogP contribution in [0.3, 0.4) is 0 Å². The lowest BCUT2D eigenvalue weighted by Gasteiger charge is -2.27. The highest BCUT2D eigenvalue weighted by Crippen LogP contribution is 2.50. The molecule has 2 fully saturated rings. The number of aliphatic hydroxyl groups is 1. The zero-order valence-electron chi connectivity index (χ0n) is 12.2. The summed E-state index contributed by atoms with van der Waals surface area (Å²) < 4.78 is 0. The van der Waals surface area contributed by atoms with Crippen molar-refractivity contribution < 1.29 is 5.11 Å². The van der Waals surface area contributed by atoms with Crippen molar-refractivity contribution in [2.75, 3.05) is 11.4 Å². The maximum atomic E-state index is 11.4. The molecule has 22 heavy (non-hydrogen) atoms. The smallest absolute Gasteiger partial charge is 0.340 e. The molecule has 1 aliphatic carbocycles. The van der Waals surface area contributed by atoms with Gasteiger partial charge in [-0.15, -0.1) is 0 Å². The number of H-pyrrole nitrogens is 2. The number of aromatic amines is 2. The summed E-state index contributed by atoms with van der Waals surface area (Å²) in [5, 5.41) is 16.0. The van der Waals surface area contributed by atoms with Gasteiger partial charge in [-0.3, -0.25) is 4.98 Å². The number of aliphatic hydroxyl groups excluding tert-OH is 1. The summed E-state index contributed by atoms with van der Waals surface area (Å²) in [4.78, 5) is 20.9. The first-order chi connectivity index (χ1) is 10.8. The molecular weight excluding hydrogens is 282 g/mol. The van der Waals surface area contributed by atoms with Crippen LogP contribution < -0.4 is 10.6 Å². The van der Waals surface area contributed by atoms with Gasteiger partial charge in [0.15, 0.2) is 5.82 Å². The molecule has 4 rings (SSSR count). The van der Waals surface area contributed by atoms with E-state index in [4.69, 9.17) is 0 Å². The van der Waals surface area contributed by atoms with Crippen molar-refractivity contribution in [3.63, 3.8) is 0 Å². The van der Waals surface area contributed by atoms with Gasteiger partial charge in [-0.2, -0.15) is 5.10 Å². The van der Waals surface area contributed by atoms with Crippen LogP contribution in [0.5, 0.6) is 0 Å². The van der Waals surface area contributed by atoms with E-state index >= 15 is 0 Å².